The van der Waals surface area contributed by atoms with E-state index in [4.69, 9.17) is 4.74 Å². The van der Waals surface area contributed by atoms with Crippen molar-refractivity contribution in [2.45, 2.75) is 44.6 Å². The van der Waals surface area contributed by atoms with Crippen LogP contribution in [0.3, 0.4) is 0 Å². The molecular weight excluding hydrogens is 476 g/mol. The van der Waals surface area contributed by atoms with Crippen LogP contribution in [0.1, 0.15) is 43.7 Å². The summed E-state index contributed by atoms with van der Waals surface area (Å²) >= 11 is 0. The average molecular weight is 513 g/mol. The molecule has 1 aromatic heterocycles. The molecule has 0 atom stereocenters. The number of aryl methyl sites for hydroxylation is 1. The normalized spacial score (nSPS) is 15.2. The van der Waals surface area contributed by atoms with Gasteiger partial charge in [0.05, 0.1) is 18.1 Å². The number of nitrogens with one attached hydrogen (secondary N) is 2. The van der Waals surface area contributed by atoms with Crippen molar-refractivity contribution < 1.29 is 17.9 Å². The molecule has 2 aromatic carbocycles. The maximum Gasteiger partial charge on any atom is 0.267 e. The molecule has 2 heterocycles. The van der Waals surface area contributed by atoms with Gasteiger partial charge in [0.2, 0.25) is 0 Å². The Kier molecular flexibility index (Phi) is 7.73. The number of anilines is 1. The van der Waals surface area contributed by atoms with E-state index in [1.165, 1.54) is 0 Å². The highest BCUT2D eigenvalue weighted by Gasteiger charge is 2.20. The van der Waals surface area contributed by atoms with Crippen LogP contribution in [-0.2, 0) is 26.7 Å². The van der Waals surface area contributed by atoms with E-state index in [1.54, 1.807) is 24.3 Å². The summed E-state index contributed by atoms with van der Waals surface area (Å²) in [4.78, 5) is 15.4. The maximum absolute atomic E-state index is 13.0. The third-order valence-corrected chi connectivity index (χ3v) is 7.95. The van der Waals surface area contributed by atoms with Crippen molar-refractivity contribution in [3.8, 4) is 0 Å². The molecule has 0 spiro atoms. The minimum atomic E-state index is -3.74. The summed E-state index contributed by atoms with van der Waals surface area (Å²) in [5.41, 5.74) is 2.91. The van der Waals surface area contributed by atoms with E-state index in [2.05, 4.69) is 35.7 Å². The van der Waals surface area contributed by atoms with E-state index < -0.39 is 10.0 Å². The largest absolute Gasteiger partial charge is 0.379 e. The maximum atomic E-state index is 13.0. The molecule has 0 radical (unpaired) electrons. The molecule has 36 heavy (non-hydrogen) atoms. The van der Waals surface area contributed by atoms with Gasteiger partial charge in [-0.15, -0.1) is 0 Å². The number of carbonyl (C=O) groups is 1. The van der Waals surface area contributed by atoms with Gasteiger partial charge in [-0.05, 0) is 54.3 Å². The SMILES string of the molecule is CCn1c(C(=O)NCCN2CCOCC2)cc2cc(NS(=O)(=O)c3ccc(C(C)(C)C)cc3)ccc21. The summed E-state index contributed by atoms with van der Waals surface area (Å²) in [6.07, 6.45) is 0. The van der Waals surface area contributed by atoms with Gasteiger partial charge in [-0.25, -0.2) is 8.42 Å². The van der Waals surface area contributed by atoms with Gasteiger partial charge in [0.15, 0.2) is 0 Å². The zero-order valence-corrected chi connectivity index (χ0v) is 22.3. The lowest BCUT2D eigenvalue weighted by Crippen LogP contribution is -2.41. The van der Waals surface area contributed by atoms with E-state index in [-0.39, 0.29) is 16.2 Å². The zero-order chi connectivity index (χ0) is 25.9. The van der Waals surface area contributed by atoms with Crippen LogP contribution in [0.4, 0.5) is 5.69 Å². The molecule has 0 unspecified atom stereocenters. The van der Waals surface area contributed by atoms with Crippen molar-refractivity contribution in [1.29, 1.82) is 0 Å². The van der Waals surface area contributed by atoms with Gasteiger partial charge in [-0.3, -0.25) is 14.4 Å². The molecular formula is C27H36N4O4S. The molecule has 1 aliphatic rings. The van der Waals surface area contributed by atoms with Crippen molar-refractivity contribution in [3.63, 3.8) is 0 Å². The third kappa shape index (κ3) is 5.91. The number of carbonyl (C=O) groups excluding carboxylic acids is 1. The Morgan fingerprint density at radius 2 is 1.72 bits per heavy atom. The number of ether oxygens (including phenoxy) is 1. The Balaban J connectivity index is 1.49. The van der Waals surface area contributed by atoms with Gasteiger partial charge >= 0.3 is 0 Å². The van der Waals surface area contributed by atoms with Crippen molar-refractivity contribution >= 4 is 32.5 Å². The molecule has 8 nitrogen and oxygen atoms in total. The topological polar surface area (TPSA) is 92.7 Å². The summed E-state index contributed by atoms with van der Waals surface area (Å²) in [6, 6.07) is 14.1. The van der Waals surface area contributed by atoms with Gasteiger partial charge in [-0.1, -0.05) is 32.9 Å². The van der Waals surface area contributed by atoms with Crippen molar-refractivity contribution in [3.05, 3.63) is 59.8 Å². The lowest BCUT2D eigenvalue weighted by atomic mass is 9.87. The predicted molar refractivity (Wildman–Crippen MR) is 143 cm³/mol. The first kappa shape index (κ1) is 26.2. The van der Waals surface area contributed by atoms with Crippen LogP contribution in [0, 0.1) is 0 Å². The summed E-state index contributed by atoms with van der Waals surface area (Å²) < 4.78 is 36.0. The second-order valence-corrected chi connectivity index (χ2v) is 11.8. The number of aromatic nitrogens is 1. The number of rotatable bonds is 8. The monoisotopic (exact) mass is 512 g/mol. The Hall–Kier alpha value is -2.88. The van der Waals surface area contributed by atoms with Crippen LogP contribution in [-0.4, -0.2) is 63.2 Å². The van der Waals surface area contributed by atoms with Crippen molar-refractivity contribution in [2.75, 3.05) is 44.1 Å². The highest BCUT2D eigenvalue weighted by atomic mass is 32.2. The van der Waals surface area contributed by atoms with Gasteiger partial charge in [0, 0.05) is 49.3 Å². The summed E-state index contributed by atoms with van der Waals surface area (Å²) in [6.45, 7) is 13.4. The first-order valence-corrected chi connectivity index (χ1v) is 13.9. The second-order valence-electron chi connectivity index (χ2n) is 10.1. The van der Waals surface area contributed by atoms with Crippen molar-refractivity contribution in [2.24, 2.45) is 0 Å². The first-order chi connectivity index (χ1) is 17.1. The highest BCUT2D eigenvalue weighted by Crippen LogP contribution is 2.27. The predicted octanol–water partition coefficient (Wildman–Crippen LogP) is 3.82. The molecule has 1 amide bonds. The third-order valence-electron chi connectivity index (χ3n) is 6.55. The molecule has 1 saturated heterocycles. The van der Waals surface area contributed by atoms with Crippen LogP contribution in [0.5, 0.6) is 0 Å². The number of amides is 1. The molecule has 1 fully saturated rings. The summed E-state index contributed by atoms with van der Waals surface area (Å²) in [7, 11) is -3.74. The van der Waals surface area contributed by atoms with Gasteiger partial charge in [0.25, 0.3) is 15.9 Å². The Morgan fingerprint density at radius 3 is 2.36 bits per heavy atom. The number of hydrogen-bond donors (Lipinski definition) is 2. The lowest BCUT2D eigenvalue weighted by Gasteiger charge is -2.26. The number of fused-ring (bicyclic) bond motifs is 1. The molecule has 3 aromatic rings. The highest BCUT2D eigenvalue weighted by molar-refractivity contribution is 7.92. The molecule has 1 aliphatic heterocycles. The molecule has 4 rings (SSSR count). The standard InChI is InChI=1S/C27H36N4O4S/c1-5-31-24-11-8-22(29-36(33,34)23-9-6-21(7-10-23)27(2,3)4)18-20(24)19-25(31)26(32)28-12-13-30-14-16-35-17-15-30/h6-11,18-19,29H,5,12-17H2,1-4H3,(H,28,32). The fourth-order valence-corrected chi connectivity index (χ4v) is 5.50. The molecule has 0 saturated carbocycles. The van der Waals surface area contributed by atoms with E-state index in [1.807, 2.05) is 35.8 Å². The van der Waals surface area contributed by atoms with Crippen LogP contribution in [0.25, 0.3) is 10.9 Å². The Bertz CT molecular complexity index is 1320. The van der Waals surface area contributed by atoms with E-state index in [0.29, 0.717) is 24.5 Å². The summed E-state index contributed by atoms with van der Waals surface area (Å²) in [5.74, 6) is -0.137. The lowest BCUT2D eigenvalue weighted by molar-refractivity contribution is 0.0383. The first-order valence-electron chi connectivity index (χ1n) is 12.4. The Labute approximate surface area is 213 Å². The minimum absolute atomic E-state index is 0.0559. The minimum Gasteiger partial charge on any atom is -0.379 e. The van der Waals surface area contributed by atoms with Crippen LogP contribution >= 0.6 is 0 Å². The molecule has 194 valence electrons. The van der Waals surface area contributed by atoms with Crippen LogP contribution in [0.2, 0.25) is 0 Å². The number of benzene rings is 2. The Morgan fingerprint density at radius 1 is 1.03 bits per heavy atom. The number of sulfonamides is 1. The smallest absolute Gasteiger partial charge is 0.267 e. The molecule has 2 N–H and O–H groups in total. The van der Waals surface area contributed by atoms with Crippen LogP contribution in [0.15, 0.2) is 53.4 Å². The fourth-order valence-electron chi connectivity index (χ4n) is 4.45. The van der Waals surface area contributed by atoms with E-state index >= 15 is 0 Å². The van der Waals surface area contributed by atoms with Crippen molar-refractivity contribution in [1.82, 2.24) is 14.8 Å². The fraction of sp³-hybridized carbons (Fsp3) is 0.444. The van der Waals surface area contributed by atoms with E-state index in [0.717, 1.165) is 49.3 Å². The van der Waals surface area contributed by atoms with E-state index in [9.17, 15) is 13.2 Å². The van der Waals surface area contributed by atoms with Gasteiger partial charge in [-0.2, -0.15) is 0 Å². The summed E-state index contributed by atoms with van der Waals surface area (Å²) in [5, 5.41) is 3.82. The van der Waals surface area contributed by atoms with Gasteiger partial charge in [0.1, 0.15) is 5.69 Å². The van der Waals surface area contributed by atoms with Gasteiger partial charge < -0.3 is 14.6 Å². The second kappa shape index (κ2) is 10.6. The quantitative estimate of drug-likeness (QED) is 0.479. The number of hydrogen-bond acceptors (Lipinski definition) is 5. The number of nitrogens with zero attached hydrogens (tertiary/aromatic N) is 2. The van der Waals surface area contributed by atoms with Crippen LogP contribution < -0.4 is 10.0 Å². The molecule has 0 bridgehead atoms. The molecule has 0 aliphatic carbocycles. The number of morpholine rings is 1. The zero-order valence-electron chi connectivity index (χ0n) is 21.5. The molecule has 9 heteroatoms. The average Bonchev–Trinajstić information content (AvgIpc) is 3.22.